The number of hydrogen-bond donors (Lipinski definition) is 2. The zero-order chi connectivity index (χ0) is 11.3. The Morgan fingerprint density at radius 2 is 2.33 bits per heavy atom. The number of aliphatic hydroxyl groups is 1. The number of hydrogen-bond acceptors (Lipinski definition) is 4. The lowest BCUT2D eigenvalue weighted by Gasteiger charge is -2.09. The van der Waals surface area contributed by atoms with Crippen molar-refractivity contribution >= 4 is 11.3 Å². The summed E-state index contributed by atoms with van der Waals surface area (Å²) in [4.78, 5) is 5.23. The van der Waals surface area contributed by atoms with Crippen molar-refractivity contribution in [3.63, 3.8) is 0 Å². The molecule has 0 spiro atoms. The lowest BCUT2D eigenvalue weighted by Crippen LogP contribution is -2.33. The van der Waals surface area contributed by atoms with Crippen LogP contribution in [0.15, 0.2) is 5.51 Å². The number of nitrogens with zero attached hydrogens (tertiary/aromatic N) is 1. The third-order valence-corrected chi connectivity index (χ3v) is 3.01. The van der Waals surface area contributed by atoms with Gasteiger partial charge in [-0.2, -0.15) is 0 Å². The molecular weight excluding hydrogens is 222 g/mol. The molecule has 6 heteroatoms. The van der Waals surface area contributed by atoms with Crippen molar-refractivity contribution in [2.24, 2.45) is 0 Å². The van der Waals surface area contributed by atoms with Gasteiger partial charge in [0.25, 0.3) is 6.43 Å². The Labute approximate surface area is 91.2 Å². The van der Waals surface area contributed by atoms with E-state index in [4.69, 9.17) is 5.11 Å². The van der Waals surface area contributed by atoms with Crippen molar-refractivity contribution in [1.82, 2.24) is 10.3 Å². The molecule has 1 rings (SSSR count). The topological polar surface area (TPSA) is 45.2 Å². The molecule has 0 amide bonds. The molecule has 2 N–H and O–H groups in total. The first-order valence-corrected chi connectivity index (χ1v) is 5.55. The summed E-state index contributed by atoms with van der Waals surface area (Å²) in [6, 6.07) is 0. The second-order valence-electron chi connectivity index (χ2n) is 3.22. The number of aryl methyl sites for hydroxylation is 1. The summed E-state index contributed by atoms with van der Waals surface area (Å²) in [5.74, 6) is 0. The van der Waals surface area contributed by atoms with Gasteiger partial charge < -0.3 is 10.4 Å². The fourth-order valence-electron chi connectivity index (χ4n) is 1.11. The Bertz CT molecular complexity index is 293. The van der Waals surface area contributed by atoms with Crippen LogP contribution in [0, 0.1) is 6.92 Å². The van der Waals surface area contributed by atoms with Crippen molar-refractivity contribution in [3.8, 4) is 0 Å². The molecular formula is C9H14F2N2OS. The lowest BCUT2D eigenvalue weighted by molar-refractivity contribution is -0.00308. The maximum absolute atomic E-state index is 11.9. The predicted molar refractivity (Wildman–Crippen MR) is 55.4 cm³/mol. The van der Waals surface area contributed by atoms with E-state index in [1.165, 1.54) is 0 Å². The van der Waals surface area contributed by atoms with E-state index < -0.39 is 12.5 Å². The van der Waals surface area contributed by atoms with E-state index in [0.717, 1.165) is 17.0 Å². The Hall–Kier alpha value is -0.590. The van der Waals surface area contributed by atoms with Gasteiger partial charge in [0.2, 0.25) is 0 Å². The average Bonchev–Trinajstić information content (AvgIpc) is 2.58. The molecule has 0 saturated carbocycles. The summed E-state index contributed by atoms with van der Waals surface area (Å²) in [5.41, 5.74) is 2.75. The number of alkyl halides is 2. The van der Waals surface area contributed by atoms with Gasteiger partial charge >= 0.3 is 0 Å². The first kappa shape index (κ1) is 12.5. The van der Waals surface area contributed by atoms with E-state index >= 15 is 0 Å². The largest absolute Gasteiger partial charge is 0.386 e. The number of halogens is 2. The molecule has 1 aromatic rings. The summed E-state index contributed by atoms with van der Waals surface area (Å²) in [7, 11) is 0. The van der Waals surface area contributed by atoms with Crippen LogP contribution in [0.3, 0.4) is 0 Å². The molecule has 3 nitrogen and oxygen atoms in total. The van der Waals surface area contributed by atoms with Gasteiger partial charge in [0.1, 0.15) is 6.10 Å². The highest BCUT2D eigenvalue weighted by molar-refractivity contribution is 7.09. The summed E-state index contributed by atoms with van der Waals surface area (Å²) < 4.78 is 23.8. The van der Waals surface area contributed by atoms with Crippen molar-refractivity contribution < 1.29 is 13.9 Å². The highest BCUT2D eigenvalue weighted by Gasteiger charge is 2.15. The summed E-state index contributed by atoms with van der Waals surface area (Å²) in [5, 5.41) is 11.6. The third-order valence-electron chi connectivity index (χ3n) is 2.02. The highest BCUT2D eigenvalue weighted by atomic mass is 32.1. The second kappa shape index (κ2) is 6.09. The highest BCUT2D eigenvalue weighted by Crippen LogP contribution is 2.11. The van der Waals surface area contributed by atoms with E-state index in [0.29, 0.717) is 6.54 Å². The van der Waals surface area contributed by atoms with Gasteiger partial charge in [-0.3, -0.25) is 0 Å². The van der Waals surface area contributed by atoms with Crippen LogP contribution < -0.4 is 5.32 Å². The van der Waals surface area contributed by atoms with Crippen LogP contribution in [0.5, 0.6) is 0 Å². The quantitative estimate of drug-likeness (QED) is 0.730. The number of thiazole rings is 1. The van der Waals surface area contributed by atoms with Gasteiger partial charge in [0.15, 0.2) is 0 Å². The molecule has 0 aliphatic heterocycles. The average molecular weight is 236 g/mol. The smallest absolute Gasteiger partial charge is 0.265 e. The maximum atomic E-state index is 11.9. The molecule has 15 heavy (non-hydrogen) atoms. The molecule has 0 saturated heterocycles. The zero-order valence-corrected chi connectivity index (χ0v) is 9.23. The molecule has 0 aliphatic rings. The van der Waals surface area contributed by atoms with Crippen molar-refractivity contribution in [2.75, 3.05) is 13.1 Å². The number of rotatable bonds is 6. The standard InChI is InChI=1S/C9H14F2N2OS/c1-6-8(15-5-13-6)2-3-12-4-7(14)9(10)11/h5,7,9,12,14H,2-4H2,1H3. The predicted octanol–water partition coefficient (Wildman–Crippen LogP) is 1.21. The molecule has 0 fully saturated rings. The number of aromatic nitrogens is 1. The molecule has 1 heterocycles. The van der Waals surface area contributed by atoms with E-state index in [2.05, 4.69) is 10.3 Å². The maximum Gasteiger partial charge on any atom is 0.265 e. The van der Waals surface area contributed by atoms with Crippen LogP contribution in [-0.2, 0) is 6.42 Å². The zero-order valence-electron chi connectivity index (χ0n) is 8.41. The monoisotopic (exact) mass is 236 g/mol. The summed E-state index contributed by atoms with van der Waals surface area (Å²) in [6.45, 7) is 2.42. The number of nitrogens with one attached hydrogen (secondary N) is 1. The molecule has 0 radical (unpaired) electrons. The fraction of sp³-hybridized carbons (Fsp3) is 0.667. The first-order chi connectivity index (χ1) is 7.11. The minimum atomic E-state index is -2.68. The van der Waals surface area contributed by atoms with Gasteiger partial charge in [0, 0.05) is 18.0 Å². The van der Waals surface area contributed by atoms with Crippen LogP contribution in [0.1, 0.15) is 10.6 Å². The molecule has 0 aliphatic carbocycles. The third kappa shape index (κ3) is 4.19. The second-order valence-corrected chi connectivity index (χ2v) is 4.16. The van der Waals surface area contributed by atoms with Crippen molar-refractivity contribution in [2.45, 2.75) is 25.9 Å². The Kier molecular flexibility index (Phi) is 5.07. The van der Waals surface area contributed by atoms with Crippen molar-refractivity contribution in [1.29, 1.82) is 0 Å². The number of aliphatic hydroxyl groups excluding tert-OH is 1. The fourth-order valence-corrected chi connectivity index (χ4v) is 1.89. The van der Waals surface area contributed by atoms with Crippen LogP contribution in [-0.4, -0.2) is 35.7 Å². The summed E-state index contributed by atoms with van der Waals surface area (Å²) in [6.07, 6.45) is -3.50. The van der Waals surface area contributed by atoms with E-state index in [9.17, 15) is 8.78 Å². The van der Waals surface area contributed by atoms with Crippen LogP contribution in [0.4, 0.5) is 8.78 Å². The van der Waals surface area contributed by atoms with Crippen molar-refractivity contribution in [3.05, 3.63) is 16.1 Å². The Balaban J connectivity index is 2.15. The lowest BCUT2D eigenvalue weighted by atomic mass is 10.3. The molecule has 1 aromatic heterocycles. The minimum absolute atomic E-state index is 0.0739. The van der Waals surface area contributed by atoms with E-state index in [1.807, 2.05) is 6.92 Å². The van der Waals surface area contributed by atoms with Crippen LogP contribution in [0.2, 0.25) is 0 Å². The van der Waals surface area contributed by atoms with E-state index in [-0.39, 0.29) is 6.54 Å². The minimum Gasteiger partial charge on any atom is -0.386 e. The van der Waals surface area contributed by atoms with Gasteiger partial charge in [-0.1, -0.05) is 0 Å². The normalized spacial score (nSPS) is 13.4. The molecule has 0 aromatic carbocycles. The van der Waals surface area contributed by atoms with Crippen LogP contribution >= 0.6 is 11.3 Å². The van der Waals surface area contributed by atoms with Gasteiger partial charge in [-0.05, 0) is 13.3 Å². The molecule has 1 atom stereocenters. The SMILES string of the molecule is Cc1ncsc1CCNCC(O)C(F)F. The molecule has 0 bridgehead atoms. The van der Waals surface area contributed by atoms with E-state index in [1.54, 1.807) is 16.8 Å². The Morgan fingerprint density at radius 3 is 2.87 bits per heavy atom. The molecule has 1 unspecified atom stereocenters. The summed E-state index contributed by atoms with van der Waals surface area (Å²) >= 11 is 1.55. The van der Waals surface area contributed by atoms with Gasteiger partial charge in [-0.25, -0.2) is 13.8 Å². The first-order valence-electron chi connectivity index (χ1n) is 4.67. The van der Waals surface area contributed by atoms with Gasteiger partial charge in [0.05, 0.1) is 11.2 Å². The molecule has 86 valence electrons. The van der Waals surface area contributed by atoms with Crippen LogP contribution in [0.25, 0.3) is 0 Å². The van der Waals surface area contributed by atoms with Gasteiger partial charge in [-0.15, -0.1) is 11.3 Å². The Morgan fingerprint density at radius 1 is 1.60 bits per heavy atom.